The number of anilines is 1. The van der Waals surface area contributed by atoms with E-state index in [1.165, 1.54) is 0 Å². The Labute approximate surface area is 174 Å². The summed E-state index contributed by atoms with van der Waals surface area (Å²) in [7, 11) is 0. The van der Waals surface area contributed by atoms with Gasteiger partial charge in [-0.05, 0) is 48.9 Å². The molecule has 7 heteroatoms. The minimum Gasteiger partial charge on any atom is -0.362 e. The quantitative estimate of drug-likeness (QED) is 0.781. The number of nitrogens with zero attached hydrogens (tertiary/aromatic N) is 2. The van der Waals surface area contributed by atoms with Gasteiger partial charge in [0.1, 0.15) is 6.10 Å². The van der Waals surface area contributed by atoms with Gasteiger partial charge in [0.15, 0.2) is 0 Å². The number of pyridine rings is 1. The van der Waals surface area contributed by atoms with Crippen molar-refractivity contribution in [2.24, 2.45) is 5.92 Å². The molecule has 2 aromatic rings. The summed E-state index contributed by atoms with van der Waals surface area (Å²) >= 11 is 1.61. The summed E-state index contributed by atoms with van der Waals surface area (Å²) in [4.78, 5) is 32.1. The summed E-state index contributed by atoms with van der Waals surface area (Å²) in [5.74, 6) is 0.0787. The molecule has 6 nitrogen and oxygen atoms in total. The molecule has 4 rings (SSSR count). The minimum atomic E-state index is -0.460. The number of rotatable bonds is 4. The van der Waals surface area contributed by atoms with Crippen LogP contribution in [-0.2, 0) is 14.3 Å². The molecule has 0 radical (unpaired) electrons. The molecule has 0 saturated carbocycles. The maximum atomic E-state index is 12.6. The van der Waals surface area contributed by atoms with E-state index in [2.05, 4.69) is 17.2 Å². The molecule has 3 atom stereocenters. The van der Waals surface area contributed by atoms with Crippen molar-refractivity contribution < 1.29 is 14.3 Å². The number of carbonyl (C=O) groups excluding carboxylic acids is 2. The molecule has 3 unspecified atom stereocenters. The van der Waals surface area contributed by atoms with Gasteiger partial charge in [-0.2, -0.15) is 0 Å². The first-order chi connectivity index (χ1) is 14.1. The fourth-order valence-electron chi connectivity index (χ4n) is 4.17. The highest BCUT2D eigenvalue weighted by Crippen LogP contribution is 2.42. The van der Waals surface area contributed by atoms with E-state index in [1.54, 1.807) is 35.9 Å². The summed E-state index contributed by atoms with van der Waals surface area (Å²) in [5, 5.41) is 4.87. The summed E-state index contributed by atoms with van der Waals surface area (Å²) in [6.45, 7) is 3.41. The number of hydrogen-bond acceptors (Lipinski definition) is 5. The smallest absolute Gasteiger partial charge is 0.253 e. The molecule has 2 aromatic heterocycles. The van der Waals surface area contributed by atoms with E-state index >= 15 is 0 Å². The predicted octanol–water partition coefficient (Wildman–Crippen LogP) is 3.58. The number of ether oxygens (including phenoxy) is 1. The molecule has 1 N–H and O–H groups in total. The van der Waals surface area contributed by atoms with E-state index in [1.807, 2.05) is 34.6 Å². The highest BCUT2D eigenvalue weighted by Gasteiger charge is 2.49. The van der Waals surface area contributed by atoms with Gasteiger partial charge in [-0.15, -0.1) is 11.3 Å². The van der Waals surface area contributed by atoms with Gasteiger partial charge in [-0.25, -0.2) is 0 Å². The van der Waals surface area contributed by atoms with Crippen molar-refractivity contribution in [3.05, 3.63) is 53.0 Å². The second-order valence-electron chi connectivity index (χ2n) is 7.72. The average molecular weight is 412 g/mol. The standard InChI is InChI=1S/C22H25N3O3S/c1-16-15-25(20(26)7-6-18-5-3-13-29-18)12-10-22(16)9-8-19(28-22)21(27)24-17-4-2-11-23-14-17/h2-7,11,13-14,16,19H,8-10,12,15H2,1H3,(H,24,27)/b7-6+. The fourth-order valence-corrected chi connectivity index (χ4v) is 4.79. The van der Waals surface area contributed by atoms with E-state index in [9.17, 15) is 9.59 Å². The van der Waals surface area contributed by atoms with Gasteiger partial charge in [0, 0.05) is 36.2 Å². The van der Waals surface area contributed by atoms with Gasteiger partial charge in [0.05, 0.1) is 17.5 Å². The molecular weight excluding hydrogens is 386 g/mol. The lowest BCUT2D eigenvalue weighted by molar-refractivity contribution is -0.149. The van der Waals surface area contributed by atoms with Crippen LogP contribution < -0.4 is 5.32 Å². The second-order valence-corrected chi connectivity index (χ2v) is 8.70. The van der Waals surface area contributed by atoms with Gasteiger partial charge in [-0.3, -0.25) is 14.6 Å². The first kappa shape index (κ1) is 19.8. The molecule has 29 heavy (non-hydrogen) atoms. The maximum absolute atomic E-state index is 12.6. The van der Waals surface area contributed by atoms with Crippen LogP contribution in [0.3, 0.4) is 0 Å². The molecular formula is C22H25N3O3S. The third-order valence-corrected chi connectivity index (χ3v) is 6.71. The molecule has 4 heterocycles. The molecule has 2 fully saturated rings. The fraction of sp³-hybridized carbons (Fsp3) is 0.409. The van der Waals surface area contributed by atoms with Gasteiger partial charge in [-0.1, -0.05) is 13.0 Å². The summed E-state index contributed by atoms with van der Waals surface area (Å²) in [6.07, 6.45) is 8.64. The summed E-state index contributed by atoms with van der Waals surface area (Å²) in [5.41, 5.74) is 0.346. The number of likely N-dealkylation sites (tertiary alicyclic amines) is 1. The topological polar surface area (TPSA) is 71.5 Å². The molecule has 2 aliphatic rings. The van der Waals surface area contributed by atoms with E-state index < -0.39 is 6.10 Å². The highest BCUT2D eigenvalue weighted by atomic mass is 32.1. The van der Waals surface area contributed by atoms with Crippen molar-refractivity contribution in [3.8, 4) is 0 Å². The first-order valence-electron chi connectivity index (χ1n) is 9.95. The molecule has 2 aliphatic heterocycles. The maximum Gasteiger partial charge on any atom is 0.253 e. The Morgan fingerprint density at radius 1 is 1.34 bits per heavy atom. The number of aromatic nitrogens is 1. The van der Waals surface area contributed by atoms with Crippen molar-refractivity contribution in [1.29, 1.82) is 0 Å². The zero-order chi connectivity index (χ0) is 20.3. The van der Waals surface area contributed by atoms with Crippen molar-refractivity contribution in [2.75, 3.05) is 18.4 Å². The lowest BCUT2D eigenvalue weighted by Gasteiger charge is -2.43. The van der Waals surface area contributed by atoms with Crippen molar-refractivity contribution in [2.45, 2.75) is 37.9 Å². The lowest BCUT2D eigenvalue weighted by Crippen LogP contribution is -2.52. The largest absolute Gasteiger partial charge is 0.362 e. The number of thiophene rings is 1. The zero-order valence-electron chi connectivity index (χ0n) is 16.4. The highest BCUT2D eigenvalue weighted by molar-refractivity contribution is 7.10. The van der Waals surface area contributed by atoms with Crippen LogP contribution in [0.1, 0.15) is 31.1 Å². The van der Waals surface area contributed by atoms with Gasteiger partial charge in [0.25, 0.3) is 5.91 Å². The Hall–Kier alpha value is -2.51. The molecule has 2 saturated heterocycles. The predicted molar refractivity (Wildman–Crippen MR) is 113 cm³/mol. The molecule has 0 bridgehead atoms. The van der Waals surface area contributed by atoms with E-state index in [4.69, 9.17) is 4.74 Å². The van der Waals surface area contributed by atoms with Crippen LogP contribution in [0.25, 0.3) is 6.08 Å². The van der Waals surface area contributed by atoms with Crippen LogP contribution in [0.15, 0.2) is 48.1 Å². The van der Waals surface area contributed by atoms with Crippen molar-refractivity contribution in [3.63, 3.8) is 0 Å². The third kappa shape index (κ3) is 4.41. The first-order valence-corrected chi connectivity index (χ1v) is 10.8. The van der Waals surface area contributed by atoms with Gasteiger partial charge < -0.3 is 15.0 Å². The number of carbonyl (C=O) groups is 2. The summed E-state index contributed by atoms with van der Waals surface area (Å²) < 4.78 is 6.30. The average Bonchev–Trinajstić information content (AvgIpc) is 3.40. The lowest BCUT2D eigenvalue weighted by atomic mass is 9.80. The Morgan fingerprint density at radius 3 is 2.97 bits per heavy atom. The Morgan fingerprint density at radius 2 is 2.24 bits per heavy atom. The van der Waals surface area contributed by atoms with Crippen LogP contribution in [0.2, 0.25) is 0 Å². The number of nitrogens with one attached hydrogen (secondary N) is 1. The number of amides is 2. The molecule has 0 aliphatic carbocycles. The third-order valence-electron chi connectivity index (χ3n) is 5.87. The molecule has 2 amide bonds. The minimum absolute atomic E-state index is 0.0315. The molecule has 152 valence electrons. The zero-order valence-corrected chi connectivity index (χ0v) is 17.2. The van der Waals surface area contributed by atoms with E-state index in [-0.39, 0.29) is 23.3 Å². The molecule has 1 spiro atoms. The second kappa shape index (κ2) is 8.47. The van der Waals surface area contributed by atoms with Gasteiger partial charge >= 0.3 is 0 Å². The monoisotopic (exact) mass is 411 g/mol. The Kier molecular flexibility index (Phi) is 5.78. The number of hydrogen-bond donors (Lipinski definition) is 1. The summed E-state index contributed by atoms with van der Waals surface area (Å²) in [6, 6.07) is 7.56. The van der Waals surface area contributed by atoms with Crippen LogP contribution in [0.4, 0.5) is 5.69 Å². The van der Waals surface area contributed by atoms with Crippen molar-refractivity contribution in [1.82, 2.24) is 9.88 Å². The Balaban J connectivity index is 1.33. The van der Waals surface area contributed by atoms with Crippen molar-refractivity contribution >= 4 is 34.9 Å². The number of piperidine rings is 1. The van der Waals surface area contributed by atoms with Gasteiger partial charge in [0.2, 0.25) is 5.91 Å². The van der Waals surface area contributed by atoms with E-state index in [0.29, 0.717) is 25.2 Å². The van der Waals surface area contributed by atoms with Crippen LogP contribution in [0.5, 0.6) is 0 Å². The normalized spacial score (nSPS) is 26.9. The molecule has 0 aromatic carbocycles. The van der Waals surface area contributed by atoms with E-state index in [0.717, 1.165) is 17.7 Å². The SMILES string of the molecule is CC1CN(C(=O)/C=C/c2cccs2)CCC12CCC(C(=O)Nc1cccnc1)O2. The van der Waals surface area contributed by atoms with Crippen LogP contribution in [-0.4, -0.2) is 46.5 Å². The van der Waals surface area contributed by atoms with Crippen LogP contribution >= 0.6 is 11.3 Å². The van der Waals surface area contributed by atoms with Crippen LogP contribution in [0, 0.1) is 5.92 Å². The Bertz CT molecular complexity index is 884.